The summed E-state index contributed by atoms with van der Waals surface area (Å²) in [5, 5.41) is 2.83. The molecular formula is C22H28N2O4S. The van der Waals surface area contributed by atoms with Crippen molar-refractivity contribution in [3.05, 3.63) is 54.1 Å². The third-order valence-corrected chi connectivity index (χ3v) is 7.07. The van der Waals surface area contributed by atoms with E-state index < -0.39 is 10.0 Å². The largest absolute Gasteiger partial charge is 0.496 e. The van der Waals surface area contributed by atoms with Gasteiger partial charge >= 0.3 is 0 Å². The lowest BCUT2D eigenvalue weighted by molar-refractivity contribution is -0.116. The van der Waals surface area contributed by atoms with E-state index in [1.807, 2.05) is 24.3 Å². The van der Waals surface area contributed by atoms with Crippen molar-refractivity contribution in [2.45, 2.75) is 43.4 Å². The predicted molar refractivity (Wildman–Crippen MR) is 114 cm³/mol. The number of hydrogen-bond acceptors (Lipinski definition) is 4. The Bertz CT molecular complexity index is 918. The van der Waals surface area contributed by atoms with Crippen molar-refractivity contribution in [1.29, 1.82) is 0 Å². The molecule has 1 aliphatic rings. The van der Waals surface area contributed by atoms with Crippen molar-refractivity contribution < 1.29 is 17.9 Å². The van der Waals surface area contributed by atoms with Gasteiger partial charge in [-0.2, -0.15) is 4.31 Å². The number of para-hydroxylation sites is 1. The van der Waals surface area contributed by atoms with E-state index >= 15 is 0 Å². The van der Waals surface area contributed by atoms with Gasteiger partial charge in [0.25, 0.3) is 0 Å². The Morgan fingerprint density at radius 1 is 1.00 bits per heavy atom. The molecule has 1 N–H and O–H groups in total. The van der Waals surface area contributed by atoms with Gasteiger partial charge in [0.05, 0.1) is 12.0 Å². The molecule has 0 atom stereocenters. The predicted octanol–water partition coefficient (Wildman–Crippen LogP) is 3.83. The van der Waals surface area contributed by atoms with Gasteiger partial charge in [-0.15, -0.1) is 0 Å². The highest BCUT2D eigenvalue weighted by atomic mass is 32.2. The van der Waals surface area contributed by atoms with Gasteiger partial charge < -0.3 is 10.1 Å². The number of methoxy groups -OCH3 is 1. The molecule has 1 aliphatic heterocycles. The number of nitrogens with one attached hydrogen (secondary N) is 1. The Hall–Kier alpha value is -2.38. The fourth-order valence-corrected chi connectivity index (χ4v) is 5.04. The fraction of sp³-hybridized carbons (Fsp3) is 0.409. The maximum absolute atomic E-state index is 12.8. The van der Waals surface area contributed by atoms with E-state index in [-0.39, 0.29) is 10.8 Å². The zero-order valence-electron chi connectivity index (χ0n) is 16.8. The molecule has 0 aromatic heterocycles. The van der Waals surface area contributed by atoms with E-state index in [2.05, 4.69) is 5.32 Å². The van der Waals surface area contributed by atoms with Crippen LogP contribution in [0.25, 0.3) is 0 Å². The molecule has 1 saturated heterocycles. The molecule has 0 bridgehead atoms. The maximum atomic E-state index is 12.8. The normalized spacial score (nSPS) is 15.5. The first-order valence-electron chi connectivity index (χ1n) is 10.0. The van der Waals surface area contributed by atoms with Crippen LogP contribution in [0.2, 0.25) is 0 Å². The molecule has 0 spiro atoms. The van der Waals surface area contributed by atoms with Gasteiger partial charge in [-0.25, -0.2) is 8.42 Å². The van der Waals surface area contributed by atoms with Crippen molar-refractivity contribution in [2.24, 2.45) is 0 Å². The van der Waals surface area contributed by atoms with E-state index in [4.69, 9.17) is 4.74 Å². The first-order chi connectivity index (χ1) is 14.0. The smallest absolute Gasteiger partial charge is 0.243 e. The molecule has 3 rings (SSSR count). The van der Waals surface area contributed by atoms with Gasteiger partial charge in [0.2, 0.25) is 15.9 Å². The lowest BCUT2D eigenvalue weighted by Crippen LogP contribution is -2.31. The highest BCUT2D eigenvalue weighted by molar-refractivity contribution is 7.89. The molecule has 1 fully saturated rings. The summed E-state index contributed by atoms with van der Waals surface area (Å²) in [7, 11) is -1.87. The third-order valence-electron chi connectivity index (χ3n) is 5.15. The van der Waals surface area contributed by atoms with Crippen LogP contribution in [0.5, 0.6) is 5.75 Å². The summed E-state index contributed by atoms with van der Waals surface area (Å²) in [4.78, 5) is 12.5. The molecule has 0 aliphatic carbocycles. The SMILES string of the molecule is COc1ccccc1CCC(=O)Nc1ccc(S(=O)(=O)N2CCCCCC2)cc1. The van der Waals surface area contributed by atoms with Crippen molar-refractivity contribution in [1.82, 2.24) is 4.31 Å². The maximum Gasteiger partial charge on any atom is 0.243 e. The second-order valence-electron chi connectivity index (χ2n) is 7.20. The number of sulfonamides is 1. The number of ether oxygens (including phenoxy) is 1. The monoisotopic (exact) mass is 416 g/mol. The van der Waals surface area contributed by atoms with Gasteiger partial charge in [-0.3, -0.25) is 4.79 Å². The van der Waals surface area contributed by atoms with Crippen molar-refractivity contribution in [3.8, 4) is 5.75 Å². The molecular weight excluding hydrogens is 388 g/mol. The van der Waals surface area contributed by atoms with E-state index in [1.165, 1.54) is 0 Å². The molecule has 0 saturated carbocycles. The summed E-state index contributed by atoms with van der Waals surface area (Å²) >= 11 is 0. The highest BCUT2D eigenvalue weighted by Gasteiger charge is 2.24. The Kier molecular flexibility index (Phi) is 7.28. The fourth-order valence-electron chi connectivity index (χ4n) is 3.52. The van der Waals surface area contributed by atoms with Crippen LogP contribution in [-0.4, -0.2) is 38.8 Å². The minimum absolute atomic E-state index is 0.126. The van der Waals surface area contributed by atoms with E-state index in [0.717, 1.165) is 37.0 Å². The standard InChI is InChI=1S/C22H28N2O4S/c1-28-21-9-5-4-8-18(21)10-15-22(25)23-19-11-13-20(14-12-19)29(26,27)24-16-6-2-3-7-17-24/h4-5,8-9,11-14H,2-3,6-7,10,15-17H2,1H3,(H,23,25). The number of nitrogens with zero attached hydrogens (tertiary/aromatic N) is 1. The molecule has 0 radical (unpaired) electrons. The minimum atomic E-state index is -3.48. The lowest BCUT2D eigenvalue weighted by atomic mass is 10.1. The van der Waals surface area contributed by atoms with Crippen LogP contribution in [0.3, 0.4) is 0 Å². The molecule has 7 heteroatoms. The summed E-state index contributed by atoms with van der Waals surface area (Å²) < 4.78 is 32.5. The van der Waals surface area contributed by atoms with Gasteiger partial charge in [-0.05, 0) is 55.2 Å². The third kappa shape index (κ3) is 5.58. The number of aryl methyl sites for hydroxylation is 1. The second kappa shape index (κ2) is 9.89. The zero-order valence-corrected chi connectivity index (χ0v) is 17.6. The number of anilines is 1. The first-order valence-corrected chi connectivity index (χ1v) is 11.5. The average Bonchev–Trinajstić information content (AvgIpc) is 3.03. The number of amides is 1. The number of benzene rings is 2. The topological polar surface area (TPSA) is 75.7 Å². The summed E-state index contributed by atoms with van der Waals surface area (Å²) in [5.74, 6) is 0.641. The van der Waals surface area contributed by atoms with Crippen molar-refractivity contribution >= 4 is 21.6 Å². The number of hydrogen-bond donors (Lipinski definition) is 1. The summed E-state index contributed by atoms with van der Waals surface area (Å²) in [6.45, 7) is 1.15. The quantitative estimate of drug-likeness (QED) is 0.744. The molecule has 2 aromatic rings. The van der Waals surface area contributed by atoms with Crippen LogP contribution < -0.4 is 10.1 Å². The Morgan fingerprint density at radius 3 is 2.31 bits per heavy atom. The summed E-state index contributed by atoms with van der Waals surface area (Å²) in [6, 6.07) is 14.0. The summed E-state index contributed by atoms with van der Waals surface area (Å²) in [5.41, 5.74) is 1.56. The number of carbonyl (C=O) groups excluding carboxylic acids is 1. The lowest BCUT2D eigenvalue weighted by Gasteiger charge is -2.20. The van der Waals surface area contributed by atoms with Crippen LogP contribution >= 0.6 is 0 Å². The van der Waals surface area contributed by atoms with E-state index in [1.54, 1.807) is 35.7 Å². The van der Waals surface area contributed by atoms with Gasteiger partial charge in [0.1, 0.15) is 5.75 Å². The molecule has 2 aromatic carbocycles. The Morgan fingerprint density at radius 2 is 1.66 bits per heavy atom. The van der Waals surface area contributed by atoms with Crippen molar-refractivity contribution in [3.63, 3.8) is 0 Å². The Labute approximate surface area is 172 Å². The average molecular weight is 417 g/mol. The van der Waals surface area contributed by atoms with E-state index in [0.29, 0.717) is 31.6 Å². The molecule has 0 unspecified atom stereocenters. The molecule has 1 amide bonds. The first kappa shape index (κ1) is 21.3. The summed E-state index contributed by atoms with van der Waals surface area (Å²) in [6.07, 6.45) is 4.84. The van der Waals surface area contributed by atoms with Gasteiger partial charge in [-0.1, -0.05) is 31.0 Å². The van der Waals surface area contributed by atoms with Gasteiger partial charge in [0, 0.05) is 25.2 Å². The van der Waals surface area contributed by atoms with Crippen LogP contribution in [0, 0.1) is 0 Å². The molecule has 29 heavy (non-hydrogen) atoms. The molecule has 1 heterocycles. The number of rotatable bonds is 7. The van der Waals surface area contributed by atoms with Crippen molar-refractivity contribution in [2.75, 3.05) is 25.5 Å². The Balaban J connectivity index is 1.59. The zero-order chi connectivity index (χ0) is 20.7. The molecule has 6 nitrogen and oxygen atoms in total. The minimum Gasteiger partial charge on any atom is -0.496 e. The molecule has 156 valence electrons. The second-order valence-corrected chi connectivity index (χ2v) is 9.14. The van der Waals surface area contributed by atoms with E-state index in [9.17, 15) is 13.2 Å². The van der Waals surface area contributed by atoms with Crippen LogP contribution in [0.4, 0.5) is 5.69 Å². The number of carbonyl (C=O) groups is 1. The van der Waals surface area contributed by atoms with Crippen LogP contribution in [0.1, 0.15) is 37.7 Å². The van der Waals surface area contributed by atoms with Crippen LogP contribution in [0.15, 0.2) is 53.4 Å². The van der Waals surface area contributed by atoms with Gasteiger partial charge in [0.15, 0.2) is 0 Å². The highest BCUT2D eigenvalue weighted by Crippen LogP contribution is 2.22. The van der Waals surface area contributed by atoms with Crippen LogP contribution in [-0.2, 0) is 21.2 Å².